The van der Waals surface area contributed by atoms with Gasteiger partial charge in [0.2, 0.25) is 0 Å². The van der Waals surface area contributed by atoms with Gasteiger partial charge in [-0.3, -0.25) is 9.78 Å². The summed E-state index contributed by atoms with van der Waals surface area (Å²) >= 11 is 0. The minimum atomic E-state index is -0.0871. The zero-order valence-corrected chi connectivity index (χ0v) is 10.6. The molecular weight excluding hydrogens is 230 g/mol. The zero-order chi connectivity index (χ0) is 12.8. The Morgan fingerprint density at radius 3 is 3.17 bits per heavy atom. The van der Waals surface area contributed by atoms with Crippen molar-refractivity contribution in [3.05, 3.63) is 24.0 Å². The molecular formula is C13H19N3O2. The number of rotatable bonds is 4. The second kappa shape index (κ2) is 6.35. The summed E-state index contributed by atoms with van der Waals surface area (Å²) in [6, 6.07) is 1.71. The molecule has 1 unspecified atom stereocenters. The summed E-state index contributed by atoms with van der Waals surface area (Å²) in [6.45, 7) is 1.38. The molecule has 2 heterocycles. The van der Waals surface area contributed by atoms with Crippen molar-refractivity contribution in [2.75, 3.05) is 25.5 Å². The molecule has 18 heavy (non-hydrogen) atoms. The second-order valence-electron chi connectivity index (χ2n) is 4.37. The molecule has 0 aliphatic carbocycles. The van der Waals surface area contributed by atoms with E-state index in [0.29, 0.717) is 12.1 Å². The minimum absolute atomic E-state index is 0.0871. The quantitative estimate of drug-likeness (QED) is 0.847. The predicted octanol–water partition coefficient (Wildman–Crippen LogP) is 1.42. The average molecular weight is 249 g/mol. The van der Waals surface area contributed by atoms with Crippen molar-refractivity contribution < 1.29 is 9.53 Å². The summed E-state index contributed by atoms with van der Waals surface area (Å²) in [7, 11) is 1.78. The third-order valence-corrected chi connectivity index (χ3v) is 3.10. The van der Waals surface area contributed by atoms with Crippen molar-refractivity contribution in [1.29, 1.82) is 0 Å². The normalized spacial score (nSPS) is 19.3. The van der Waals surface area contributed by atoms with Gasteiger partial charge in [-0.15, -0.1) is 0 Å². The second-order valence-corrected chi connectivity index (χ2v) is 4.37. The number of carbonyl (C=O) groups is 1. The fraction of sp³-hybridized carbons (Fsp3) is 0.538. The van der Waals surface area contributed by atoms with Crippen molar-refractivity contribution in [3.8, 4) is 0 Å². The molecule has 1 aromatic heterocycles. The Labute approximate surface area is 107 Å². The van der Waals surface area contributed by atoms with Crippen LogP contribution in [0.25, 0.3) is 0 Å². The van der Waals surface area contributed by atoms with E-state index in [9.17, 15) is 4.79 Å². The molecule has 1 aliphatic rings. The maximum absolute atomic E-state index is 12.0. The highest BCUT2D eigenvalue weighted by Gasteiger charge is 2.16. The third-order valence-electron chi connectivity index (χ3n) is 3.10. The molecule has 1 aromatic rings. The van der Waals surface area contributed by atoms with Crippen LogP contribution in [-0.2, 0) is 4.74 Å². The molecule has 1 atom stereocenters. The number of nitrogens with one attached hydrogen (secondary N) is 2. The SMILES string of the molecule is CNc1cnccc1C(=O)NCC1CCCCO1. The molecule has 5 nitrogen and oxygen atoms in total. The van der Waals surface area contributed by atoms with Gasteiger partial charge in [0.15, 0.2) is 0 Å². The molecule has 2 N–H and O–H groups in total. The zero-order valence-electron chi connectivity index (χ0n) is 10.6. The highest BCUT2D eigenvalue weighted by Crippen LogP contribution is 2.14. The van der Waals surface area contributed by atoms with E-state index in [0.717, 1.165) is 25.1 Å². The Bertz CT molecular complexity index is 403. The summed E-state index contributed by atoms with van der Waals surface area (Å²) in [5.74, 6) is -0.0871. The highest BCUT2D eigenvalue weighted by molar-refractivity contribution is 5.99. The highest BCUT2D eigenvalue weighted by atomic mass is 16.5. The monoisotopic (exact) mass is 249 g/mol. The lowest BCUT2D eigenvalue weighted by molar-refractivity contribution is 0.0169. The van der Waals surface area contributed by atoms with E-state index in [4.69, 9.17) is 4.74 Å². The molecule has 1 amide bonds. The van der Waals surface area contributed by atoms with Gasteiger partial charge < -0.3 is 15.4 Å². The number of ether oxygens (including phenoxy) is 1. The lowest BCUT2D eigenvalue weighted by Gasteiger charge is -2.22. The maximum atomic E-state index is 12.0. The first-order chi connectivity index (χ1) is 8.81. The molecule has 1 aliphatic heterocycles. The van der Waals surface area contributed by atoms with Crippen LogP contribution in [-0.4, -0.2) is 37.2 Å². The predicted molar refractivity (Wildman–Crippen MR) is 69.7 cm³/mol. The lowest BCUT2D eigenvalue weighted by atomic mass is 10.1. The van der Waals surface area contributed by atoms with Crippen LogP contribution < -0.4 is 10.6 Å². The molecule has 0 saturated carbocycles. The lowest BCUT2D eigenvalue weighted by Crippen LogP contribution is -2.35. The van der Waals surface area contributed by atoms with E-state index >= 15 is 0 Å². The summed E-state index contributed by atoms with van der Waals surface area (Å²) in [4.78, 5) is 16.0. The summed E-state index contributed by atoms with van der Waals surface area (Å²) in [5, 5.41) is 5.87. The Morgan fingerprint density at radius 2 is 2.44 bits per heavy atom. The van der Waals surface area contributed by atoms with Gasteiger partial charge in [0, 0.05) is 26.4 Å². The molecule has 98 valence electrons. The van der Waals surface area contributed by atoms with E-state index < -0.39 is 0 Å². The number of pyridine rings is 1. The van der Waals surface area contributed by atoms with Crippen molar-refractivity contribution in [2.24, 2.45) is 0 Å². The average Bonchev–Trinajstić information content (AvgIpc) is 2.45. The first kappa shape index (κ1) is 12.8. The van der Waals surface area contributed by atoms with E-state index in [1.165, 1.54) is 6.42 Å². The van der Waals surface area contributed by atoms with Crippen LogP contribution in [0.1, 0.15) is 29.6 Å². The number of anilines is 1. The van der Waals surface area contributed by atoms with Gasteiger partial charge in [-0.2, -0.15) is 0 Å². The molecule has 0 aromatic carbocycles. The van der Waals surface area contributed by atoms with Gasteiger partial charge in [0.05, 0.1) is 23.6 Å². The van der Waals surface area contributed by atoms with Gasteiger partial charge in [-0.05, 0) is 25.3 Å². The van der Waals surface area contributed by atoms with E-state index in [-0.39, 0.29) is 12.0 Å². The number of hydrogen-bond acceptors (Lipinski definition) is 4. The van der Waals surface area contributed by atoms with Crippen molar-refractivity contribution >= 4 is 11.6 Å². The molecule has 1 saturated heterocycles. The van der Waals surface area contributed by atoms with E-state index in [1.54, 1.807) is 25.5 Å². The first-order valence-corrected chi connectivity index (χ1v) is 6.33. The molecule has 5 heteroatoms. The smallest absolute Gasteiger partial charge is 0.253 e. The Kier molecular flexibility index (Phi) is 4.52. The number of aromatic nitrogens is 1. The molecule has 0 radical (unpaired) electrons. The van der Waals surface area contributed by atoms with Crippen molar-refractivity contribution in [3.63, 3.8) is 0 Å². The van der Waals surface area contributed by atoms with Gasteiger partial charge in [0.25, 0.3) is 5.91 Å². The minimum Gasteiger partial charge on any atom is -0.386 e. The van der Waals surface area contributed by atoms with Crippen LogP contribution in [0.3, 0.4) is 0 Å². The van der Waals surface area contributed by atoms with Crippen LogP contribution in [0.5, 0.6) is 0 Å². The first-order valence-electron chi connectivity index (χ1n) is 6.33. The van der Waals surface area contributed by atoms with Gasteiger partial charge >= 0.3 is 0 Å². The summed E-state index contributed by atoms with van der Waals surface area (Å²) < 4.78 is 5.58. The topological polar surface area (TPSA) is 63.2 Å². The standard InChI is InChI=1S/C13H19N3O2/c1-14-12-9-15-6-5-11(12)13(17)16-8-10-4-2-3-7-18-10/h5-6,9-10,14H,2-4,7-8H2,1H3,(H,16,17). The van der Waals surface area contributed by atoms with Crippen LogP contribution in [0.2, 0.25) is 0 Å². The number of nitrogens with zero attached hydrogens (tertiary/aromatic N) is 1. The molecule has 1 fully saturated rings. The molecule has 2 rings (SSSR count). The fourth-order valence-corrected chi connectivity index (χ4v) is 2.06. The Morgan fingerprint density at radius 1 is 1.56 bits per heavy atom. The number of hydrogen-bond donors (Lipinski definition) is 2. The number of carbonyl (C=O) groups excluding carboxylic acids is 1. The number of amides is 1. The molecule has 0 bridgehead atoms. The fourth-order valence-electron chi connectivity index (χ4n) is 2.06. The summed E-state index contributed by atoms with van der Waals surface area (Å²) in [6.07, 6.45) is 6.74. The van der Waals surface area contributed by atoms with Crippen LogP contribution in [0.15, 0.2) is 18.5 Å². The van der Waals surface area contributed by atoms with Crippen LogP contribution >= 0.6 is 0 Å². The third kappa shape index (κ3) is 3.20. The van der Waals surface area contributed by atoms with E-state index in [1.807, 2.05) is 0 Å². The van der Waals surface area contributed by atoms with Crippen LogP contribution in [0.4, 0.5) is 5.69 Å². The van der Waals surface area contributed by atoms with Gasteiger partial charge in [-0.25, -0.2) is 0 Å². The molecule has 0 spiro atoms. The van der Waals surface area contributed by atoms with Crippen molar-refractivity contribution in [2.45, 2.75) is 25.4 Å². The van der Waals surface area contributed by atoms with Gasteiger partial charge in [-0.1, -0.05) is 0 Å². The summed E-state index contributed by atoms with van der Waals surface area (Å²) in [5.41, 5.74) is 1.35. The van der Waals surface area contributed by atoms with Crippen molar-refractivity contribution in [1.82, 2.24) is 10.3 Å². The maximum Gasteiger partial charge on any atom is 0.253 e. The Hall–Kier alpha value is -1.62. The van der Waals surface area contributed by atoms with Gasteiger partial charge in [0.1, 0.15) is 0 Å². The Balaban J connectivity index is 1.90. The van der Waals surface area contributed by atoms with Crippen LogP contribution in [0, 0.1) is 0 Å². The van der Waals surface area contributed by atoms with E-state index in [2.05, 4.69) is 15.6 Å². The largest absolute Gasteiger partial charge is 0.386 e.